The summed E-state index contributed by atoms with van der Waals surface area (Å²) in [6, 6.07) is 8.37. The van der Waals surface area contributed by atoms with E-state index in [2.05, 4.69) is 30.4 Å². The Morgan fingerprint density at radius 2 is 2.10 bits per heavy atom. The minimum atomic E-state index is -0.166. The normalized spacial score (nSPS) is 24.9. The molecule has 0 bridgehead atoms. The molecule has 0 radical (unpaired) electrons. The molecule has 20 heavy (non-hydrogen) atoms. The molecule has 1 fully saturated rings. The Balaban J connectivity index is 1.74. The van der Waals surface area contributed by atoms with Gasteiger partial charge in [0.2, 0.25) is 0 Å². The topological polar surface area (TPSA) is 38.3 Å². The van der Waals surface area contributed by atoms with Crippen LogP contribution in [0, 0.1) is 5.41 Å². The number of ketones is 1. The van der Waals surface area contributed by atoms with Crippen LogP contribution in [0.15, 0.2) is 24.3 Å². The fraction of sp³-hybridized carbons (Fsp3) is 0.588. The summed E-state index contributed by atoms with van der Waals surface area (Å²) in [5.41, 5.74) is 2.39. The third kappa shape index (κ3) is 2.65. The van der Waals surface area contributed by atoms with Crippen LogP contribution in [-0.4, -0.2) is 25.5 Å². The van der Waals surface area contributed by atoms with Crippen LogP contribution in [0.4, 0.5) is 0 Å². The molecule has 1 aromatic rings. The van der Waals surface area contributed by atoms with E-state index >= 15 is 0 Å². The van der Waals surface area contributed by atoms with Crippen LogP contribution in [-0.2, 0) is 16.0 Å². The molecule has 2 aliphatic rings. The van der Waals surface area contributed by atoms with Crippen molar-refractivity contribution in [2.24, 2.45) is 5.41 Å². The molecular formula is C17H23NO2. The smallest absolute Gasteiger partial charge is 0.141 e. The molecular weight excluding hydrogens is 250 g/mol. The van der Waals surface area contributed by atoms with Crippen LogP contribution < -0.4 is 5.32 Å². The lowest BCUT2D eigenvalue weighted by molar-refractivity contribution is -0.132. The second-order valence-electron chi connectivity index (χ2n) is 6.25. The minimum Gasteiger partial charge on any atom is -0.373 e. The van der Waals surface area contributed by atoms with E-state index in [9.17, 15) is 4.79 Å². The van der Waals surface area contributed by atoms with Crippen LogP contribution in [0.3, 0.4) is 0 Å². The first-order valence-electron chi connectivity index (χ1n) is 7.62. The molecule has 0 aromatic heterocycles. The maximum Gasteiger partial charge on any atom is 0.141 e. The van der Waals surface area contributed by atoms with Gasteiger partial charge in [-0.3, -0.25) is 4.79 Å². The maximum atomic E-state index is 12.7. The van der Waals surface area contributed by atoms with Crippen LogP contribution in [0.2, 0.25) is 0 Å². The molecule has 1 N–H and O–H groups in total. The summed E-state index contributed by atoms with van der Waals surface area (Å²) in [4.78, 5) is 12.7. The second kappa shape index (κ2) is 5.66. The SMILES string of the molecule is CC1(C(=O)CC2OCCc3ccccc32)CCNCC1. The Bertz CT molecular complexity index is 492. The van der Waals surface area contributed by atoms with E-state index in [1.807, 2.05) is 6.07 Å². The van der Waals surface area contributed by atoms with Crippen molar-refractivity contribution in [3.05, 3.63) is 35.4 Å². The molecule has 1 aromatic carbocycles. The van der Waals surface area contributed by atoms with Crippen molar-refractivity contribution in [3.8, 4) is 0 Å². The number of fused-ring (bicyclic) bond motifs is 1. The molecule has 108 valence electrons. The second-order valence-corrected chi connectivity index (χ2v) is 6.25. The maximum absolute atomic E-state index is 12.7. The molecule has 3 heteroatoms. The third-order valence-electron chi connectivity index (χ3n) is 4.84. The Hall–Kier alpha value is -1.19. The number of rotatable bonds is 3. The van der Waals surface area contributed by atoms with Gasteiger partial charge in [-0.2, -0.15) is 0 Å². The van der Waals surface area contributed by atoms with Crippen molar-refractivity contribution >= 4 is 5.78 Å². The first-order chi connectivity index (χ1) is 9.69. The highest BCUT2D eigenvalue weighted by atomic mass is 16.5. The highest BCUT2D eigenvalue weighted by Gasteiger charge is 2.36. The van der Waals surface area contributed by atoms with E-state index in [1.165, 1.54) is 11.1 Å². The van der Waals surface area contributed by atoms with Crippen LogP contribution in [0.5, 0.6) is 0 Å². The van der Waals surface area contributed by atoms with Crippen LogP contribution in [0.1, 0.15) is 43.4 Å². The first-order valence-corrected chi connectivity index (χ1v) is 7.62. The summed E-state index contributed by atoms with van der Waals surface area (Å²) in [6.07, 6.45) is 3.33. The van der Waals surface area contributed by atoms with Gasteiger partial charge in [-0.25, -0.2) is 0 Å². The molecule has 3 nitrogen and oxygen atoms in total. The van der Waals surface area contributed by atoms with Gasteiger partial charge in [0.25, 0.3) is 0 Å². The summed E-state index contributed by atoms with van der Waals surface area (Å²) in [5, 5.41) is 3.33. The van der Waals surface area contributed by atoms with Crippen molar-refractivity contribution in [1.29, 1.82) is 0 Å². The van der Waals surface area contributed by atoms with Gasteiger partial charge >= 0.3 is 0 Å². The Morgan fingerprint density at radius 3 is 2.90 bits per heavy atom. The number of carbonyl (C=O) groups is 1. The summed E-state index contributed by atoms with van der Waals surface area (Å²) in [6.45, 7) is 4.74. The summed E-state index contributed by atoms with van der Waals surface area (Å²) >= 11 is 0. The van der Waals surface area contributed by atoms with Crippen molar-refractivity contribution in [2.75, 3.05) is 19.7 Å². The quantitative estimate of drug-likeness (QED) is 0.920. The Kier molecular flexibility index (Phi) is 3.90. The first kappa shape index (κ1) is 13.8. The van der Waals surface area contributed by atoms with E-state index < -0.39 is 0 Å². The molecule has 1 saturated heterocycles. The van der Waals surface area contributed by atoms with E-state index in [0.29, 0.717) is 12.2 Å². The fourth-order valence-corrected chi connectivity index (χ4v) is 3.32. The standard InChI is InChI=1S/C17H23NO2/c1-17(7-9-18-10-8-17)16(19)12-15-14-5-3-2-4-13(14)6-11-20-15/h2-5,15,18H,6-12H2,1H3. The summed E-state index contributed by atoms with van der Waals surface area (Å²) in [7, 11) is 0. The summed E-state index contributed by atoms with van der Waals surface area (Å²) in [5.74, 6) is 0.362. The molecule has 0 aliphatic carbocycles. The number of ether oxygens (including phenoxy) is 1. The van der Waals surface area contributed by atoms with E-state index in [4.69, 9.17) is 4.74 Å². The van der Waals surface area contributed by atoms with Crippen LogP contribution in [0.25, 0.3) is 0 Å². The van der Waals surface area contributed by atoms with Gasteiger partial charge in [0.15, 0.2) is 0 Å². The average Bonchev–Trinajstić information content (AvgIpc) is 2.48. The van der Waals surface area contributed by atoms with Gasteiger partial charge in [0, 0.05) is 11.8 Å². The van der Waals surface area contributed by atoms with Crippen molar-refractivity contribution in [2.45, 2.75) is 38.7 Å². The number of piperidine rings is 1. The Labute approximate surface area is 120 Å². The van der Waals surface area contributed by atoms with Gasteiger partial charge in [0.05, 0.1) is 12.7 Å². The zero-order chi connectivity index (χ0) is 14.0. The molecule has 3 rings (SSSR count). The van der Waals surface area contributed by atoms with Gasteiger partial charge in [-0.1, -0.05) is 31.2 Å². The van der Waals surface area contributed by atoms with Crippen molar-refractivity contribution in [3.63, 3.8) is 0 Å². The van der Waals surface area contributed by atoms with E-state index in [0.717, 1.165) is 39.0 Å². The van der Waals surface area contributed by atoms with Crippen LogP contribution >= 0.6 is 0 Å². The van der Waals surface area contributed by atoms with Crippen molar-refractivity contribution in [1.82, 2.24) is 5.32 Å². The number of nitrogens with one attached hydrogen (secondary N) is 1. The number of carbonyl (C=O) groups excluding carboxylic acids is 1. The molecule has 2 heterocycles. The monoisotopic (exact) mass is 273 g/mol. The highest BCUT2D eigenvalue weighted by Crippen LogP contribution is 2.36. The molecule has 1 atom stereocenters. The lowest BCUT2D eigenvalue weighted by atomic mass is 9.75. The van der Waals surface area contributed by atoms with Crippen molar-refractivity contribution < 1.29 is 9.53 Å². The average molecular weight is 273 g/mol. The Morgan fingerprint density at radius 1 is 1.35 bits per heavy atom. The predicted molar refractivity (Wildman–Crippen MR) is 78.7 cm³/mol. The van der Waals surface area contributed by atoms with Gasteiger partial charge < -0.3 is 10.1 Å². The van der Waals surface area contributed by atoms with Gasteiger partial charge in [-0.05, 0) is 43.5 Å². The van der Waals surface area contributed by atoms with E-state index in [1.54, 1.807) is 0 Å². The number of hydrogen-bond donors (Lipinski definition) is 1. The molecule has 2 aliphatic heterocycles. The predicted octanol–water partition coefficient (Wildman–Crippen LogP) is 2.65. The zero-order valence-electron chi connectivity index (χ0n) is 12.2. The van der Waals surface area contributed by atoms with E-state index in [-0.39, 0.29) is 11.5 Å². The zero-order valence-corrected chi connectivity index (χ0v) is 12.2. The molecule has 0 spiro atoms. The number of hydrogen-bond acceptors (Lipinski definition) is 3. The van der Waals surface area contributed by atoms with Gasteiger partial charge in [-0.15, -0.1) is 0 Å². The fourth-order valence-electron chi connectivity index (χ4n) is 3.32. The lowest BCUT2D eigenvalue weighted by Crippen LogP contribution is -2.40. The third-order valence-corrected chi connectivity index (χ3v) is 4.84. The number of Topliss-reactive ketones (excluding diaryl/α,β-unsaturated/α-hetero) is 1. The largest absolute Gasteiger partial charge is 0.373 e. The molecule has 1 unspecified atom stereocenters. The minimum absolute atomic E-state index is 0.0424. The highest BCUT2D eigenvalue weighted by molar-refractivity contribution is 5.85. The lowest BCUT2D eigenvalue weighted by Gasteiger charge is -2.34. The molecule has 0 amide bonds. The summed E-state index contributed by atoms with van der Waals surface area (Å²) < 4.78 is 5.87. The van der Waals surface area contributed by atoms with Gasteiger partial charge in [0.1, 0.15) is 5.78 Å². The number of benzene rings is 1. The molecule has 0 saturated carbocycles.